The van der Waals surface area contributed by atoms with Crippen molar-refractivity contribution >= 4 is 17.6 Å². The Kier molecular flexibility index (Phi) is 2.77. The van der Waals surface area contributed by atoms with Crippen LogP contribution in [0.5, 0.6) is 5.75 Å². The van der Waals surface area contributed by atoms with Gasteiger partial charge in [-0.2, -0.15) is 0 Å². The average molecular weight is 226 g/mol. The number of aromatic nitrogens is 1. The van der Waals surface area contributed by atoms with Gasteiger partial charge in [-0.1, -0.05) is 0 Å². The standard InChI is InChI=1S/C9H10N2O3S/c1-15-7-4-5-10-9(11(12)13)8(7)14-6-2-3-6/h4-6H,2-3H2,1H3. The maximum absolute atomic E-state index is 10.7. The lowest BCUT2D eigenvalue weighted by molar-refractivity contribution is -0.390. The molecule has 80 valence electrons. The summed E-state index contributed by atoms with van der Waals surface area (Å²) in [7, 11) is 0. The van der Waals surface area contributed by atoms with Crippen molar-refractivity contribution in [1.82, 2.24) is 4.98 Å². The Hall–Kier alpha value is -1.30. The van der Waals surface area contributed by atoms with Crippen molar-refractivity contribution in [3.63, 3.8) is 0 Å². The Bertz CT molecular complexity index is 393. The topological polar surface area (TPSA) is 65.3 Å². The van der Waals surface area contributed by atoms with Gasteiger partial charge in [0, 0.05) is 0 Å². The normalized spacial score (nSPS) is 15.0. The highest BCUT2D eigenvalue weighted by Gasteiger charge is 2.29. The Morgan fingerprint density at radius 2 is 2.40 bits per heavy atom. The van der Waals surface area contributed by atoms with E-state index in [0.717, 1.165) is 17.7 Å². The summed E-state index contributed by atoms with van der Waals surface area (Å²) < 4.78 is 5.51. The van der Waals surface area contributed by atoms with E-state index in [-0.39, 0.29) is 11.9 Å². The highest BCUT2D eigenvalue weighted by Crippen LogP contribution is 2.38. The molecule has 1 heterocycles. The second-order valence-corrected chi connectivity index (χ2v) is 4.09. The molecule has 0 N–H and O–H groups in total. The maximum atomic E-state index is 10.7. The number of nitro groups is 1. The number of ether oxygens (including phenoxy) is 1. The van der Waals surface area contributed by atoms with E-state index in [4.69, 9.17) is 4.74 Å². The maximum Gasteiger partial charge on any atom is 0.407 e. The van der Waals surface area contributed by atoms with Crippen LogP contribution in [0.2, 0.25) is 0 Å². The second kappa shape index (κ2) is 4.06. The van der Waals surface area contributed by atoms with E-state index >= 15 is 0 Å². The summed E-state index contributed by atoms with van der Waals surface area (Å²) in [5, 5.41) is 10.7. The first-order valence-corrected chi connectivity index (χ1v) is 5.79. The third kappa shape index (κ3) is 2.20. The fraction of sp³-hybridized carbons (Fsp3) is 0.444. The third-order valence-electron chi connectivity index (χ3n) is 2.05. The summed E-state index contributed by atoms with van der Waals surface area (Å²) in [6.07, 6.45) is 5.38. The minimum absolute atomic E-state index is 0.138. The summed E-state index contributed by atoms with van der Waals surface area (Å²) in [6, 6.07) is 1.73. The van der Waals surface area contributed by atoms with E-state index in [0.29, 0.717) is 5.75 Å². The molecule has 1 aliphatic carbocycles. The van der Waals surface area contributed by atoms with Gasteiger partial charge in [-0.3, -0.25) is 0 Å². The lowest BCUT2D eigenvalue weighted by atomic mass is 10.4. The smallest absolute Gasteiger partial charge is 0.407 e. The summed E-state index contributed by atoms with van der Waals surface area (Å²) in [6.45, 7) is 0. The molecule has 0 bridgehead atoms. The van der Waals surface area contributed by atoms with E-state index in [1.54, 1.807) is 6.07 Å². The highest BCUT2D eigenvalue weighted by molar-refractivity contribution is 7.98. The van der Waals surface area contributed by atoms with Crippen LogP contribution in [0.15, 0.2) is 17.2 Å². The minimum atomic E-state index is -0.503. The van der Waals surface area contributed by atoms with Crippen LogP contribution >= 0.6 is 11.8 Å². The van der Waals surface area contributed by atoms with Crippen molar-refractivity contribution in [3.05, 3.63) is 22.4 Å². The van der Waals surface area contributed by atoms with Crippen LogP contribution < -0.4 is 4.74 Å². The number of pyridine rings is 1. The molecule has 1 saturated carbocycles. The molecule has 0 radical (unpaired) electrons. The third-order valence-corrected chi connectivity index (χ3v) is 2.81. The summed E-state index contributed by atoms with van der Waals surface area (Å²) >= 11 is 1.43. The molecule has 1 aromatic heterocycles. The molecule has 0 saturated heterocycles. The summed E-state index contributed by atoms with van der Waals surface area (Å²) in [4.78, 5) is 14.7. The molecule has 0 amide bonds. The summed E-state index contributed by atoms with van der Waals surface area (Å²) in [5.41, 5.74) is 0. The second-order valence-electron chi connectivity index (χ2n) is 3.24. The van der Waals surface area contributed by atoms with Gasteiger partial charge in [-0.05, 0) is 35.1 Å². The molecule has 1 aliphatic rings. The van der Waals surface area contributed by atoms with Gasteiger partial charge in [0.15, 0.2) is 0 Å². The molecule has 0 aromatic carbocycles. The Balaban J connectivity index is 2.38. The van der Waals surface area contributed by atoms with E-state index in [1.165, 1.54) is 18.0 Å². The van der Waals surface area contributed by atoms with E-state index in [1.807, 2.05) is 6.26 Å². The van der Waals surface area contributed by atoms with Gasteiger partial charge >= 0.3 is 5.82 Å². The van der Waals surface area contributed by atoms with Crippen LogP contribution in [0.1, 0.15) is 12.8 Å². The van der Waals surface area contributed by atoms with Crippen molar-refractivity contribution in [2.24, 2.45) is 0 Å². The molecule has 1 aromatic rings. The zero-order chi connectivity index (χ0) is 10.8. The molecule has 0 unspecified atom stereocenters. The highest BCUT2D eigenvalue weighted by atomic mass is 32.2. The van der Waals surface area contributed by atoms with Crippen molar-refractivity contribution in [2.45, 2.75) is 23.8 Å². The molecule has 0 aliphatic heterocycles. The van der Waals surface area contributed by atoms with Crippen LogP contribution in [0.3, 0.4) is 0 Å². The predicted octanol–water partition coefficient (Wildman–Crippen LogP) is 2.25. The van der Waals surface area contributed by atoms with Crippen LogP contribution in [0.25, 0.3) is 0 Å². The van der Waals surface area contributed by atoms with Gasteiger partial charge in [0.1, 0.15) is 6.20 Å². The molecule has 1 fully saturated rings. The number of nitrogens with zero attached hydrogens (tertiary/aromatic N) is 2. The molecule has 0 spiro atoms. The van der Waals surface area contributed by atoms with Crippen molar-refractivity contribution in [3.8, 4) is 5.75 Å². The van der Waals surface area contributed by atoms with Crippen LogP contribution in [-0.4, -0.2) is 22.3 Å². The lowest BCUT2D eigenvalue weighted by Gasteiger charge is -2.07. The molecular formula is C9H10N2O3S. The van der Waals surface area contributed by atoms with Crippen LogP contribution in [-0.2, 0) is 0 Å². The van der Waals surface area contributed by atoms with Crippen LogP contribution in [0, 0.1) is 10.1 Å². The molecule has 0 atom stereocenters. The largest absolute Gasteiger partial charge is 0.482 e. The van der Waals surface area contributed by atoms with Gasteiger partial charge in [0.05, 0.1) is 11.0 Å². The van der Waals surface area contributed by atoms with Gasteiger partial charge in [0.25, 0.3) is 0 Å². The molecule has 2 rings (SSSR count). The Morgan fingerprint density at radius 3 is 2.93 bits per heavy atom. The fourth-order valence-electron chi connectivity index (χ4n) is 1.17. The van der Waals surface area contributed by atoms with Crippen LogP contribution in [0.4, 0.5) is 5.82 Å². The average Bonchev–Trinajstić information content (AvgIpc) is 3.01. The Labute approximate surface area is 91.0 Å². The van der Waals surface area contributed by atoms with Gasteiger partial charge in [-0.15, -0.1) is 11.8 Å². The predicted molar refractivity (Wildman–Crippen MR) is 56.3 cm³/mol. The van der Waals surface area contributed by atoms with E-state index in [9.17, 15) is 10.1 Å². The summed E-state index contributed by atoms with van der Waals surface area (Å²) in [5.74, 6) is 0.131. The Morgan fingerprint density at radius 1 is 1.67 bits per heavy atom. The molecule has 5 nitrogen and oxygen atoms in total. The van der Waals surface area contributed by atoms with Gasteiger partial charge in [-0.25, -0.2) is 0 Å². The quantitative estimate of drug-likeness (QED) is 0.447. The van der Waals surface area contributed by atoms with Gasteiger partial charge in [0.2, 0.25) is 5.75 Å². The monoisotopic (exact) mass is 226 g/mol. The zero-order valence-electron chi connectivity index (χ0n) is 8.17. The van der Waals surface area contributed by atoms with Crippen molar-refractivity contribution in [1.29, 1.82) is 0 Å². The van der Waals surface area contributed by atoms with Crippen molar-refractivity contribution in [2.75, 3.05) is 6.26 Å². The molecule has 15 heavy (non-hydrogen) atoms. The number of rotatable bonds is 4. The van der Waals surface area contributed by atoms with E-state index < -0.39 is 4.92 Å². The number of hydrogen-bond acceptors (Lipinski definition) is 5. The number of thioether (sulfide) groups is 1. The zero-order valence-corrected chi connectivity index (χ0v) is 8.99. The first-order valence-electron chi connectivity index (χ1n) is 4.56. The fourth-order valence-corrected chi connectivity index (χ4v) is 1.70. The first kappa shape index (κ1) is 10.2. The molecule has 6 heteroatoms. The lowest BCUT2D eigenvalue weighted by Crippen LogP contribution is -2.03. The molecular weight excluding hydrogens is 216 g/mol. The van der Waals surface area contributed by atoms with Gasteiger partial charge < -0.3 is 14.9 Å². The van der Waals surface area contributed by atoms with E-state index in [2.05, 4.69) is 4.98 Å². The SMILES string of the molecule is CSc1ccnc([N+](=O)[O-])c1OC1CC1. The minimum Gasteiger partial charge on any atom is -0.482 e. The van der Waals surface area contributed by atoms with Crippen molar-refractivity contribution < 1.29 is 9.66 Å². The number of hydrogen-bond donors (Lipinski definition) is 0. The first-order chi connectivity index (χ1) is 7.22.